The number of nitrogens with zero attached hydrogens (tertiary/aromatic N) is 1. The molecule has 16 heavy (non-hydrogen) atoms. The molecule has 2 unspecified atom stereocenters. The van der Waals surface area contributed by atoms with E-state index in [0.717, 1.165) is 29.9 Å². The molecule has 0 aliphatic carbocycles. The van der Waals surface area contributed by atoms with Crippen LogP contribution in [0.15, 0.2) is 0 Å². The third-order valence-corrected chi connectivity index (χ3v) is 5.12. The molecule has 96 valence electrons. The Hall–Kier alpha value is 0.270. The Labute approximate surface area is 105 Å². The van der Waals surface area contributed by atoms with Crippen molar-refractivity contribution in [3.8, 4) is 0 Å². The zero-order valence-electron chi connectivity index (χ0n) is 11.2. The van der Waals surface area contributed by atoms with Gasteiger partial charge in [-0.2, -0.15) is 11.8 Å². The fourth-order valence-electron chi connectivity index (χ4n) is 2.64. The number of thioether (sulfide) groups is 1. The Bertz CT molecular complexity index is 188. The molecule has 0 radical (unpaired) electrons. The zero-order valence-corrected chi connectivity index (χ0v) is 12.0. The SMILES string of the molecule is CCC(CC)(CO)CN1CC(C)SC(C)C1. The highest BCUT2D eigenvalue weighted by Gasteiger charge is 2.31. The first-order valence-electron chi connectivity index (χ1n) is 6.54. The van der Waals surface area contributed by atoms with Crippen molar-refractivity contribution in [2.75, 3.05) is 26.2 Å². The van der Waals surface area contributed by atoms with Crippen LogP contribution in [0.4, 0.5) is 0 Å². The molecular weight excluding hydrogens is 218 g/mol. The van der Waals surface area contributed by atoms with E-state index < -0.39 is 0 Å². The standard InChI is InChI=1S/C13H27NOS/c1-5-13(6-2,10-15)9-14-7-11(3)16-12(4)8-14/h11-12,15H,5-10H2,1-4H3. The van der Waals surface area contributed by atoms with E-state index in [1.807, 2.05) is 0 Å². The molecule has 1 aliphatic heterocycles. The van der Waals surface area contributed by atoms with Crippen LogP contribution in [-0.2, 0) is 0 Å². The van der Waals surface area contributed by atoms with Crippen molar-refractivity contribution in [3.05, 3.63) is 0 Å². The summed E-state index contributed by atoms with van der Waals surface area (Å²) in [4.78, 5) is 2.55. The topological polar surface area (TPSA) is 23.5 Å². The summed E-state index contributed by atoms with van der Waals surface area (Å²) in [5, 5.41) is 11.1. The van der Waals surface area contributed by atoms with Gasteiger partial charge in [0.2, 0.25) is 0 Å². The predicted octanol–water partition coefficient (Wildman–Crippen LogP) is 2.61. The van der Waals surface area contributed by atoms with E-state index in [-0.39, 0.29) is 5.41 Å². The molecule has 0 amide bonds. The van der Waals surface area contributed by atoms with Crippen molar-refractivity contribution < 1.29 is 5.11 Å². The van der Waals surface area contributed by atoms with Gasteiger partial charge in [-0.3, -0.25) is 0 Å². The molecule has 2 atom stereocenters. The molecule has 0 aromatic carbocycles. The largest absolute Gasteiger partial charge is 0.396 e. The van der Waals surface area contributed by atoms with Crippen LogP contribution in [0.5, 0.6) is 0 Å². The summed E-state index contributed by atoms with van der Waals surface area (Å²) in [6.45, 7) is 12.8. The summed E-state index contributed by atoms with van der Waals surface area (Å²) in [6, 6.07) is 0. The molecule has 0 bridgehead atoms. The summed E-state index contributed by atoms with van der Waals surface area (Å²) in [5.41, 5.74) is 0.126. The lowest BCUT2D eigenvalue weighted by Crippen LogP contribution is -2.47. The van der Waals surface area contributed by atoms with Gasteiger partial charge in [0, 0.05) is 42.2 Å². The third-order valence-electron chi connectivity index (χ3n) is 3.89. The second kappa shape index (κ2) is 6.27. The van der Waals surface area contributed by atoms with Crippen molar-refractivity contribution in [1.29, 1.82) is 0 Å². The van der Waals surface area contributed by atoms with Crippen molar-refractivity contribution in [1.82, 2.24) is 4.90 Å². The van der Waals surface area contributed by atoms with Gasteiger partial charge in [-0.1, -0.05) is 27.7 Å². The van der Waals surface area contributed by atoms with Crippen LogP contribution in [0.25, 0.3) is 0 Å². The van der Waals surface area contributed by atoms with E-state index >= 15 is 0 Å². The van der Waals surface area contributed by atoms with Crippen LogP contribution in [-0.4, -0.2) is 46.7 Å². The van der Waals surface area contributed by atoms with Crippen LogP contribution in [0.3, 0.4) is 0 Å². The highest BCUT2D eigenvalue weighted by atomic mass is 32.2. The average molecular weight is 245 g/mol. The zero-order chi connectivity index (χ0) is 12.2. The van der Waals surface area contributed by atoms with E-state index in [9.17, 15) is 5.11 Å². The molecule has 0 aromatic rings. The Balaban J connectivity index is 2.57. The number of aliphatic hydroxyl groups is 1. The van der Waals surface area contributed by atoms with Gasteiger partial charge in [0.1, 0.15) is 0 Å². The predicted molar refractivity (Wildman–Crippen MR) is 73.1 cm³/mol. The van der Waals surface area contributed by atoms with Gasteiger partial charge in [0.15, 0.2) is 0 Å². The second-order valence-corrected chi connectivity index (χ2v) is 7.20. The van der Waals surface area contributed by atoms with Gasteiger partial charge >= 0.3 is 0 Å². The number of hydrogen-bond donors (Lipinski definition) is 1. The minimum atomic E-state index is 0.126. The molecule has 0 saturated carbocycles. The smallest absolute Gasteiger partial charge is 0.0499 e. The van der Waals surface area contributed by atoms with Crippen LogP contribution < -0.4 is 0 Å². The lowest BCUT2D eigenvalue weighted by molar-refractivity contribution is 0.0650. The average Bonchev–Trinajstić information content (AvgIpc) is 2.25. The van der Waals surface area contributed by atoms with E-state index in [1.54, 1.807) is 0 Å². The maximum Gasteiger partial charge on any atom is 0.0499 e. The fourth-order valence-corrected chi connectivity index (χ4v) is 4.02. The molecule has 2 nitrogen and oxygen atoms in total. The second-order valence-electron chi connectivity index (χ2n) is 5.32. The van der Waals surface area contributed by atoms with Crippen LogP contribution in [0.1, 0.15) is 40.5 Å². The van der Waals surface area contributed by atoms with E-state index in [1.165, 1.54) is 13.1 Å². The third kappa shape index (κ3) is 3.64. The maximum atomic E-state index is 9.61. The van der Waals surface area contributed by atoms with Gasteiger partial charge in [0.25, 0.3) is 0 Å². The molecule has 0 aromatic heterocycles. The van der Waals surface area contributed by atoms with E-state index in [4.69, 9.17) is 0 Å². The Morgan fingerprint density at radius 1 is 1.19 bits per heavy atom. The van der Waals surface area contributed by atoms with Crippen LogP contribution >= 0.6 is 11.8 Å². The minimum absolute atomic E-state index is 0.126. The van der Waals surface area contributed by atoms with Gasteiger partial charge in [-0.25, -0.2) is 0 Å². The molecular formula is C13H27NOS. The van der Waals surface area contributed by atoms with Gasteiger partial charge in [0.05, 0.1) is 0 Å². The van der Waals surface area contributed by atoms with Crippen molar-refractivity contribution in [2.45, 2.75) is 51.0 Å². The quantitative estimate of drug-likeness (QED) is 0.805. The Kier molecular flexibility index (Phi) is 5.62. The first-order chi connectivity index (χ1) is 7.55. The monoisotopic (exact) mass is 245 g/mol. The highest BCUT2D eigenvalue weighted by Crippen LogP contribution is 2.31. The van der Waals surface area contributed by atoms with Crippen molar-refractivity contribution in [3.63, 3.8) is 0 Å². The Morgan fingerprint density at radius 2 is 1.69 bits per heavy atom. The van der Waals surface area contributed by atoms with E-state index in [2.05, 4.69) is 44.4 Å². The summed E-state index contributed by atoms with van der Waals surface area (Å²) < 4.78 is 0. The summed E-state index contributed by atoms with van der Waals surface area (Å²) in [5.74, 6) is 0. The summed E-state index contributed by atoms with van der Waals surface area (Å²) >= 11 is 2.09. The molecule has 1 aliphatic rings. The lowest BCUT2D eigenvalue weighted by atomic mass is 9.82. The van der Waals surface area contributed by atoms with Crippen molar-refractivity contribution >= 4 is 11.8 Å². The molecule has 1 N–H and O–H groups in total. The van der Waals surface area contributed by atoms with Gasteiger partial charge in [-0.05, 0) is 12.8 Å². The summed E-state index contributed by atoms with van der Waals surface area (Å²) in [6.07, 6.45) is 2.15. The first-order valence-corrected chi connectivity index (χ1v) is 7.48. The van der Waals surface area contributed by atoms with Crippen LogP contribution in [0.2, 0.25) is 0 Å². The molecule has 1 saturated heterocycles. The molecule has 1 rings (SSSR count). The fraction of sp³-hybridized carbons (Fsp3) is 1.00. The molecule has 3 heteroatoms. The normalized spacial score (nSPS) is 28.3. The summed E-state index contributed by atoms with van der Waals surface area (Å²) in [7, 11) is 0. The molecule has 1 fully saturated rings. The molecule has 0 spiro atoms. The highest BCUT2D eigenvalue weighted by molar-refractivity contribution is 8.00. The maximum absolute atomic E-state index is 9.61. The molecule has 1 heterocycles. The van der Waals surface area contributed by atoms with Crippen molar-refractivity contribution in [2.24, 2.45) is 5.41 Å². The van der Waals surface area contributed by atoms with Gasteiger partial charge in [-0.15, -0.1) is 0 Å². The lowest BCUT2D eigenvalue weighted by Gasteiger charge is -2.41. The number of hydrogen-bond acceptors (Lipinski definition) is 3. The minimum Gasteiger partial charge on any atom is -0.396 e. The number of aliphatic hydroxyl groups excluding tert-OH is 1. The van der Waals surface area contributed by atoms with Gasteiger partial charge < -0.3 is 10.0 Å². The van der Waals surface area contributed by atoms with Crippen LogP contribution in [0, 0.1) is 5.41 Å². The Morgan fingerprint density at radius 3 is 2.06 bits per heavy atom. The van der Waals surface area contributed by atoms with E-state index in [0.29, 0.717) is 6.61 Å². The first kappa shape index (κ1) is 14.3. The number of rotatable bonds is 5.